The SMILES string of the molecule is CCOC1CC(CC(O)C(CC)CC)C1. The van der Waals surface area contributed by atoms with Gasteiger partial charge in [0, 0.05) is 6.61 Å². The Morgan fingerprint density at radius 2 is 1.80 bits per heavy atom. The lowest BCUT2D eigenvalue weighted by atomic mass is 9.76. The van der Waals surface area contributed by atoms with E-state index in [9.17, 15) is 5.11 Å². The molecule has 2 heteroatoms. The van der Waals surface area contributed by atoms with Crippen LogP contribution in [0.15, 0.2) is 0 Å². The second-order valence-corrected chi connectivity index (χ2v) is 4.79. The van der Waals surface area contributed by atoms with Crippen LogP contribution in [0.5, 0.6) is 0 Å². The molecule has 90 valence electrons. The molecule has 0 bridgehead atoms. The van der Waals surface area contributed by atoms with Crippen molar-refractivity contribution in [3.63, 3.8) is 0 Å². The summed E-state index contributed by atoms with van der Waals surface area (Å²) in [5.74, 6) is 1.20. The van der Waals surface area contributed by atoms with Crippen LogP contribution in [0.1, 0.15) is 52.9 Å². The molecule has 1 unspecified atom stereocenters. The normalized spacial score (nSPS) is 27.8. The van der Waals surface area contributed by atoms with Crippen LogP contribution in [0.4, 0.5) is 0 Å². The van der Waals surface area contributed by atoms with Crippen molar-refractivity contribution in [1.29, 1.82) is 0 Å². The van der Waals surface area contributed by atoms with Gasteiger partial charge in [0.1, 0.15) is 0 Å². The maximum atomic E-state index is 10.0. The van der Waals surface area contributed by atoms with E-state index < -0.39 is 0 Å². The largest absolute Gasteiger partial charge is 0.393 e. The standard InChI is InChI=1S/C13H26O2/c1-4-11(5-2)13(14)9-10-7-12(8-10)15-6-3/h10-14H,4-9H2,1-3H3. The lowest BCUT2D eigenvalue weighted by molar-refractivity contribution is -0.0440. The molecule has 1 aliphatic rings. The van der Waals surface area contributed by atoms with Crippen LogP contribution >= 0.6 is 0 Å². The molecule has 0 radical (unpaired) electrons. The lowest BCUT2D eigenvalue weighted by Gasteiger charge is -2.37. The summed E-state index contributed by atoms with van der Waals surface area (Å²) in [4.78, 5) is 0. The minimum Gasteiger partial charge on any atom is -0.393 e. The second-order valence-electron chi connectivity index (χ2n) is 4.79. The summed E-state index contributed by atoms with van der Waals surface area (Å²) >= 11 is 0. The van der Waals surface area contributed by atoms with Gasteiger partial charge in [0.15, 0.2) is 0 Å². The van der Waals surface area contributed by atoms with E-state index in [-0.39, 0.29) is 6.10 Å². The van der Waals surface area contributed by atoms with E-state index in [1.807, 2.05) is 6.92 Å². The highest BCUT2D eigenvalue weighted by Gasteiger charge is 2.32. The first kappa shape index (κ1) is 13.0. The van der Waals surface area contributed by atoms with Crippen LogP contribution in [-0.4, -0.2) is 23.9 Å². The highest BCUT2D eigenvalue weighted by molar-refractivity contribution is 4.83. The van der Waals surface area contributed by atoms with Crippen molar-refractivity contribution in [1.82, 2.24) is 0 Å². The van der Waals surface area contributed by atoms with Crippen LogP contribution in [0, 0.1) is 11.8 Å². The molecule has 1 rings (SSSR count). The van der Waals surface area contributed by atoms with Crippen molar-refractivity contribution in [2.24, 2.45) is 11.8 Å². The van der Waals surface area contributed by atoms with Crippen LogP contribution in [0.3, 0.4) is 0 Å². The fourth-order valence-corrected chi connectivity index (χ4v) is 2.61. The van der Waals surface area contributed by atoms with E-state index in [0.29, 0.717) is 17.9 Å². The molecule has 1 aliphatic carbocycles. The second kappa shape index (κ2) is 6.49. The Kier molecular flexibility index (Phi) is 5.62. The van der Waals surface area contributed by atoms with Crippen molar-refractivity contribution in [2.45, 2.75) is 65.1 Å². The van der Waals surface area contributed by atoms with E-state index in [1.54, 1.807) is 0 Å². The summed E-state index contributed by atoms with van der Waals surface area (Å²) in [5.41, 5.74) is 0. The molecule has 1 atom stereocenters. The van der Waals surface area contributed by atoms with Crippen molar-refractivity contribution < 1.29 is 9.84 Å². The van der Waals surface area contributed by atoms with Crippen molar-refractivity contribution in [2.75, 3.05) is 6.61 Å². The lowest BCUT2D eigenvalue weighted by Crippen LogP contribution is -2.35. The number of hydrogen-bond acceptors (Lipinski definition) is 2. The van der Waals surface area contributed by atoms with Gasteiger partial charge >= 0.3 is 0 Å². The smallest absolute Gasteiger partial charge is 0.0580 e. The maximum absolute atomic E-state index is 10.0. The summed E-state index contributed by atoms with van der Waals surface area (Å²) in [6.07, 6.45) is 5.88. The molecule has 0 aromatic heterocycles. The minimum absolute atomic E-state index is 0.0902. The summed E-state index contributed by atoms with van der Waals surface area (Å²) in [6.45, 7) is 7.21. The molecule has 1 fully saturated rings. The first-order valence-corrected chi connectivity index (χ1v) is 6.50. The van der Waals surface area contributed by atoms with Gasteiger partial charge < -0.3 is 9.84 Å². The van der Waals surface area contributed by atoms with E-state index >= 15 is 0 Å². The van der Waals surface area contributed by atoms with Gasteiger partial charge in [-0.1, -0.05) is 26.7 Å². The highest BCUT2D eigenvalue weighted by Crippen LogP contribution is 2.35. The van der Waals surface area contributed by atoms with Crippen LogP contribution in [0.25, 0.3) is 0 Å². The van der Waals surface area contributed by atoms with Crippen molar-refractivity contribution in [3.05, 3.63) is 0 Å². The molecular weight excluding hydrogens is 188 g/mol. The summed E-state index contributed by atoms with van der Waals surface area (Å²) in [5, 5.41) is 10.0. The van der Waals surface area contributed by atoms with Gasteiger partial charge in [0.05, 0.1) is 12.2 Å². The number of hydrogen-bond donors (Lipinski definition) is 1. The van der Waals surface area contributed by atoms with Gasteiger partial charge in [-0.2, -0.15) is 0 Å². The van der Waals surface area contributed by atoms with E-state index in [2.05, 4.69) is 13.8 Å². The molecule has 0 amide bonds. The molecule has 0 aliphatic heterocycles. The molecule has 0 aromatic carbocycles. The van der Waals surface area contributed by atoms with Gasteiger partial charge in [-0.3, -0.25) is 0 Å². The summed E-state index contributed by atoms with van der Waals surface area (Å²) in [6, 6.07) is 0. The zero-order chi connectivity index (χ0) is 11.3. The molecule has 1 saturated carbocycles. The molecule has 1 N–H and O–H groups in total. The predicted octanol–water partition coefficient (Wildman–Crippen LogP) is 2.99. The van der Waals surface area contributed by atoms with Gasteiger partial charge in [-0.05, 0) is 38.0 Å². The Labute approximate surface area is 94.0 Å². The van der Waals surface area contributed by atoms with E-state index in [4.69, 9.17) is 4.74 Å². The van der Waals surface area contributed by atoms with E-state index in [1.165, 1.54) is 0 Å². The Morgan fingerprint density at radius 3 is 2.27 bits per heavy atom. The van der Waals surface area contributed by atoms with Gasteiger partial charge in [-0.25, -0.2) is 0 Å². The molecule has 0 spiro atoms. The number of ether oxygens (including phenoxy) is 1. The Balaban J connectivity index is 2.15. The monoisotopic (exact) mass is 214 g/mol. The van der Waals surface area contributed by atoms with Gasteiger partial charge in [-0.15, -0.1) is 0 Å². The summed E-state index contributed by atoms with van der Waals surface area (Å²) in [7, 11) is 0. The van der Waals surface area contributed by atoms with Crippen LogP contribution in [0.2, 0.25) is 0 Å². The number of aliphatic hydroxyl groups is 1. The average Bonchev–Trinajstić information content (AvgIpc) is 2.16. The number of aliphatic hydroxyl groups excluding tert-OH is 1. The summed E-state index contributed by atoms with van der Waals surface area (Å²) < 4.78 is 5.52. The topological polar surface area (TPSA) is 29.5 Å². The van der Waals surface area contributed by atoms with Crippen molar-refractivity contribution in [3.8, 4) is 0 Å². The third-order valence-electron chi connectivity index (χ3n) is 3.76. The molecule has 2 nitrogen and oxygen atoms in total. The molecule has 0 heterocycles. The fraction of sp³-hybridized carbons (Fsp3) is 1.00. The fourth-order valence-electron chi connectivity index (χ4n) is 2.61. The quantitative estimate of drug-likeness (QED) is 0.706. The Hall–Kier alpha value is -0.0800. The predicted molar refractivity (Wildman–Crippen MR) is 62.8 cm³/mol. The maximum Gasteiger partial charge on any atom is 0.0580 e. The first-order chi connectivity index (χ1) is 7.21. The first-order valence-electron chi connectivity index (χ1n) is 6.50. The molecule has 15 heavy (non-hydrogen) atoms. The highest BCUT2D eigenvalue weighted by atomic mass is 16.5. The van der Waals surface area contributed by atoms with E-state index in [0.717, 1.165) is 38.7 Å². The Morgan fingerprint density at radius 1 is 1.20 bits per heavy atom. The molecule has 0 saturated heterocycles. The van der Waals surface area contributed by atoms with Gasteiger partial charge in [0.25, 0.3) is 0 Å². The van der Waals surface area contributed by atoms with Crippen LogP contribution < -0.4 is 0 Å². The van der Waals surface area contributed by atoms with Crippen molar-refractivity contribution >= 4 is 0 Å². The Bertz CT molecular complexity index is 160. The minimum atomic E-state index is -0.0902. The average molecular weight is 214 g/mol. The van der Waals surface area contributed by atoms with Crippen LogP contribution in [-0.2, 0) is 4.74 Å². The zero-order valence-electron chi connectivity index (χ0n) is 10.4. The third-order valence-corrected chi connectivity index (χ3v) is 3.76. The zero-order valence-corrected chi connectivity index (χ0v) is 10.4. The van der Waals surface area contributed by atoms with Gasteiger partial charge in [0.2, 0.25) is 0 Å². The molecule has 0 aromatic rings. The third kappa shape index (κ3) is 3.76. The molecular formula is C13H26O2. The number of rotatable bonds is 7.